The first kappa shape index (κ1) is 14.8. The van der Waals surface area contributed by atoms with Gasteiger partial charge in [0.1, 0.15) is 9.77 Å². The average Bonchev–Trinajstić information content (AvgIpc) is 2.60. The van der Waals surface area contributed by atoms with E-state index in [9.17, 15) is 22.0 Å². The molecule has 18 heavy (non-hydrogen) atoms. The number of primary sulfonamides is 1. The van der Waals surface area contributed by atoms with Gasteiger partial charge in [-0.1, -0.05) is 0 Å². The molecule has 0 radical (unpaired) electrons. The number of rotatable bonds is 5. The average molecular weight is 301 g/mol. The molecule has 0 aliphatic carbocycles. The van der Waals surface area contributed by atoms with E-state index in [2.05, 4.69) is 9.47 Å². The minimum absolute atomic E-state index is 0.00578. The Hall–Kier alpha value is -1.26. The Labute approximate surface area is 105 Å². The van der Waals surface area contributed by atoms with Gasteiger partial charge in [0.2, 0.25) is 10.0 Å². The van der Waals surface area contributed by atoms with Crippen molar-refractivity contribution in [2.45, 2.75) is 18.4 Å². The zero-order valence-corrected chi connectivity index (χ0v) is 10.7. The van der Waals surface area contributed by atoms with E-state index in [-0.39, 0.29) is 6.61 Å². The predicted octanol–water partition coefficient (Wildman–Crippen LogP) is 1.17. The van der Waals surface area contributed by atoms with Gasteiger partial charge in [0.05, 0.1) is 6.61 Å². The van der Waals surface area contributed by atoms with E-state index in [1.807, 2.05) is 0 Å². The molecule has 1 heterocycles. The Kier molecular flexibility index (Phi) is 4.59. The van der Waals surface area contributed by atoms with Crippen LogP contribution in [0.15, 0.2) is 10.3 Å². The maximum Gasteiger partial charge on any atom is 0.387 e. The van der Waals surface area contributed by atoms with Gasteiger partial charge in [0, 0.05) is 5.38 Å². The first-order valence-electron chi connectivity index (χ1n) is 4.53. The number of nitrogens with two attached hydrogens (primary N) is 1. The first-order valence-corrected chi connectivity index (χ1v) is 6.96. The number of sulfonamides is 1. The van der Waals surface area contributed by atoms with Crippen molar-refractivity contribution in [2.75, 3.05) is 6.61 Å². The lowest BCUT2D eigenvalue weighted by atomic mass is 10.4. The van der Waals surface area contributed by atoms with Crippen molar-refractivity contribution >= 4 is 27.3 Å². The maximum absolute atomic E-state index is 12.1. The fourth-order valence-electron chi connectivity index (χ4n) is 1.12. The van der Waals surface area contributed by atoms with Crippen LogP contribution in [0.2, 0.25) is 0 Å². The molecular weight excluding hydrogens is 292 g/mol. The number of carbonyl (C=O) groups is 1. The van der Waals surface area contributed by atoms with Crippen LogP contribution >= 0.6 is 11.3 Å². The summed E-state index contributed by atoms with van der Waals surface area (Å²) in [6, 6.07) is 0. The zero-order valence-electron chi connectivity index (χ0n) is 9.05. The molecule has 0 aliphatic heterocycles. The fourth-order valence-corrected chi connectivity index (χ4v) is 3.17. The summed E-state index contributed by atoms with van der Waals surface area (Å²) in [6.07, 6.45) is 0. The Bertz CT molecular complexity index is 540. The van der Waals surface area contributed by atoms with Crippen LogP contribution in [0.25, 0.3) is 0 Å². The molecule has 0 bridgehead atoms. The van der Waals surface area contributed by atoms with E-state index in [4.69, 9.17) is 5.14 Å². The van der Waals surface area contributed by atoms with Crippen LogP contribution in [-0.2, 0) is 14.8 Å². The molecule has 2 N–H and O–H groups in total. The molecule has 1 aromatic rings. The highest BCUT2D eigenvalue weighted by atomic mass is 32.2. The Morgan fingerprint density at radius 3 is 2.61 bits per heavy atom. The summed E-state index contributed by atoms with van der Waals surface area (Å²) in [5, 5.41) is 5.82. The van der Waals surface area contributed by atoms with Crippen molar-refractivity contribution in [3.8, 4) is 5.75 Å². The number of alkyl halides is 2. The highest BCUT2D eigenvalue weighted by Gasteiger charge is 2.29. The van der Waals surface area contributed by atoms with Crippen LogP contribution in [0.5, 0.6) is 5.75 Å². The lowest BCUT2D eigenvalue weighted by Crippen LogP contribution is -2.17. The molecular formula is C8H9F2NO5S2. The summed E-state index contributed by atoms with van der Waals surface area (Å²) in [5.74, 6) is -1.63. The number of ether oxygens (including phenoxy) is 2. The number of hydrogen-bond donors (Lipinski definition) is 1. The SMILES string of the molecule is CCOC(=O)c1scc(OC(F)F)c1S(N)(=O)=O. The molecule has 0 spiro atoms. The molecule has 1 aromatic heterocycles. The van der Waals surface area contributed by atoms with Gasteiger partial charge in [-0.15, -0.1) is 11.3 Å². The third-order valence-electron chi connectivity index (χ3n) is 1.68. The van der Waals surface area contributed by atoms with Gasteiger partial charge >= 0.3 is 12.6 Å². The first-order chi connectivity index (χ1) is 8.27. The molecule has 10 heteroatoms. The van der Waals surface area contributed by atoms with Crippen LogP contribution in [0.4, 0.5) is 8.78 Å². The van der Waals surface area contributed by atoms with Crippen molar-refractivity contribution in [1.82, 2.24) is 0 Å². The smallest absolute Gasteiger partial charge is 0.387 e. The standard InChI is InChI=1S/C8H9F2NO5S2/c1-2-15-7(12)5-6(18(11,13)14)4(3-17-5)16-8(9)10/h3,8H,2H2,1H3,(H2,11,13,14). The lowest BCUT2D eigenvalue weighted by Gasteiger charge is -2.06. The summed E-state index contributed by atoms with van der Waals surface area (Å²) >= 11 is 0.601. The summed E-state index contributed by atoms with van der Waals surface area (Å²) in [7, 11) is -4.38. The monoisotopic (exact) mass is 301 g/mol. The minimum atomic E-state index is -4.38. The third-order valence-corrected chi connectivity index (χ3v) is 3.72. The van der Waals surface area contributed by atoms with Crippen LogP contribution in [0.3, 0.4) is 0 Å². The van der Waals surface area contributed by atoms with Crippen molar-refractivity contribution in [1.29, 1.82) is 0 Å². The number of halogens is 2. The van der Waals surface area contributed by atoms with Crippen molar-refractivity contribution in [2.24, 2.45) is 5.14 Å². The van der Waals surface area contributed by atoms with Gasteiger partial charge in [-0.05, 0) is 6.92 Å². The third kappa shape index (κ3) is 3.37. The lowest BCUT2D eigenvalue weighted by molar-refractivity contribution is -0.0514. The fraction of sp³-hybridized carbons (Fsp3) is 0.375. The number of thiophene rings is 1. The van der Waals surface area contributed by atoms with Crippen molar-refractivity contribution in [3.63, 3.8) is 0 Å². The van der Waals surface area contributed by atoms with E-state index < -0.39 is 38.1 Å². The molecule has 0 atom stereocenters. The topological polar surface area (TPSA) is 95.7 Å². The second kappa shape index (κ2) is 5.59. The summed E-state index contributed by atoms with van der Waals surface area (Å²) in [5.41, 5.74) is 0. The minimum Gasteiger partial charge on any atom is -0.462 e. The Morgan fingerprint density at radius 1 is 1.56 bits per heavy atom. The normalized spacial score (nSPS) is 11.6. The maximum atomic E-state index is 12.1. The predicted molar refractivity (Wildman–Crippen MR) is 58.3 cm³/mol. The molecule has 0 saturated heterocycles. The van der Waals surface area contributed by atoms with Crippen LogP contribution in [0, 0.1) is 0 Å². The van der Waals surface area contributed by atoms with Gasteiger partial charge in [-0.25, -0.2) is 18.4 Å². The number of hydrogen-bond acceptors (Lipinski definition) is 6. The second-order valence-corrected chi connectivity index (χ2v) is 5.28. The van der Waals surface area contributed by atoms with Crippen LogP contribution in [0.1, 0.15) is 16.6 Å². The number of esters is 1. The molecule has 0 amide bonds. The molecule has 0 aliphatic rings. The van der Waals surface area contributed by atoms with Gasteiger partial charge in [-0.3, -0.25) is 0 Å². The quantitative estimate of drug-likeness (QED) is 0.824. The highest BCUT2D eigenvalue weighted by molar-refractivity contribution is 7.89. The second-order valence-electron chi connectivity index (χ2n) is 2.90. The largest absolute Gasteiger partial charge is 0.462 e. The van der Waals surface area contributed by atoms with Crippen molar-refractivity contribution in [3.05, 3.63) is 10.3 Å². The summed E-state index contributed by atoms with van der Waals surface area (Å²) in [4.78, 5) is 10.3. The molecule has 102 valence electrons. The molecule has 0 saturated carbocycles. The molecule has 0 unspecified atom stereocenters. The van der Waals surface area contributed by atoms with Gasteiger partial charge in [0.25, 0.3) is 0 Å². The highest BCUT2D eigenvalue weighted by Crippen LogP contribution is 2.34. The number of carbonyl (C=O) groups excluding carboxylic acids is 1. The summed E-state index contributed by atoms with van der Waals surface area (Å²) in [6.45, 7) is -1.71. The van der Waals surface area contributed by atoms with E-state index in [0.717, 1.165) is 5.38 Å². The molecule has 0 fully saturated rings. The van der Waals surface area contributed by atoms with E-state index in [1.54, 1.807) is 0 Å². The molecule has 0 aromatic carbocycles. The van der Waals surface area contributed by atoms with E-state index in [0.29, 0.717) is 11.3 Å². The molecule has 6 nitrogen and oxygen atoms in total. The van der Waals surface area contributed by atoms with Crippen LogP contribution in [-0.4, -0.2) is 27.6 Å². The van der Waals surface area contributed by atoms with Gasteiger partial charge in [0.15, 0.2) is 5.75 Å². The Balaban J connectivity index is 3.29. The zero-order chi connectivity index (χ0) is 13.9. The van der Waals surface area contributed by atoms with Gasteiger partial charge in [-0.2, -0.15) is 8.78 Å². The van der Waals surface area contributed by atoms with Crippen molar-refractivity contribution < 1.29 is 31.5 Å². The Morgan fingerprint density at radius 2 is 2.17 bits per heavy atom. The summed E-state index contributed by atoms with van der Waals surface area (Å²) < 4.78 is 55.3. The van der Waals surface area contributed by atoms with Gasteiger partial charge < -0.3 is 9.47 Å². The molecule has 1 rings (SSSR count). The van der Waals surface area contributed by atoms with E-state index in [1.165, 1.54) is 6.92 Å². The van der Waals surface area contributed by atoms with E-state index >= 15 is 0 Å². The van der Waals surface area contributed by atoms with Crippen LogP contribution < -0.4 is 9.88 Å².